The highest BCUT2D eigenvalue weighted by Crippen LogP contribution is 2.53. The summed E-state index contributed by atoms with van der Waals surface area (Å²) in [4.78, 5) is 21.6. The second-order valence-corrected chi connectivity index (χ2v) is 11.6. The van der Waals surface area contributed by atoms with Gasteiger partial charge in [0, 0.05) is 37.9 Å². The van der Waals surface area contributed by atoms with E-state index in [4.69, 9.17) is 0 Å². The Labute approximate surface area is 200 Å². The maximum atomic E-state index is 12.7. The van der Waals surface area contributed by atoms with Gasteiger partial charge in [-0.2, -0.15) is 0 Å². The number of unbranched alkanes of at least 4 members (excludes halogenated alkanes) is 2. The average molecular weight is 454 g/mol. The lowest BCUT2D eigenvalue weighted by atomic mass is 9.52. The van der Waals surface area contributed by atoms with Gasteiger partial charge in [0.05, 0.1) is 11.9 Å². The van der Waals surface area contributed by atoms with Gasteiger partial charge in [0.25, 0.3) is 5.91 Å². The van der Waals surface area contributed by atoms with Gasteiger partial charge >= 0.3 is 0 Å². The van der Waals surface area contributed by atoms with E-state index in [1.165, 1.54) is 17.9 Å². The zero-order valence-electron chi connectivity index (χ0n) is 21.7. The SMILES string of the molecule is CC(C)Cc1ncc(CCCCCNc2ccc(C(=O)NC3C(C)(C)CC3(C)C)nc2)n1C. The van der Waals surface area contributed by atoms with Crippen LogP contribution in [0.4, 0.5) is 5.69 Å². The largest absolute Gasteiger partial charge is 0.384 e. The Morgan fingerprint density at radius 3 is 2.42 bits per heavy atom. The molecule has 2 aromatic rings. The Balaban J connectivity index is 1.36. The zero-order valence-corrected chi connectivity index (χ0v) is 21.7. The Hall–Kier alpha value is -2.37. The number of aryl methyl sites for hydroxylation is 1. The zero-order chi connectivity index (χ0) is 24.2. The molecule has 33 heavy (non-hydrogen) atoms. The Kier molecular flexibility index (Phi) is 7.86. The molecule has 0 bridgehead atoms. The number of hydrogen-bond acceptors (Lipinski definition) is 4. The molecule has 1 amide bonds. The average Bonchev–Trinajstić information content (AvgIpc) is 3.07. The molecular formula is C27H43N5O. The van der Waals surface area contributed by atoms with Gasteiger partial charge in [0.2, 0.25) is 0 Å². The number of aromatic nitrogens is 3. The van der Waals surface area contributed by atoms with Gasteiger partial charge in [0.1, 0.15) is 11.5 Å². The standard InChI is InChI=1S/C27H43N5O/c1-19(2)15-23-30-17-21(32(23)7)11-9-8-10-14-28-20-12-13-22(29-16-20)24(33)31-25-26(3,4)18-27(25,5)6/h12-13,16-17,19,25,28H,8-11,14-15,18H2,1-7H3,(H,31,33). The molecule has 0 aromatic carbocycles. The molecule has 2 N–H and O–H groups in total. The van der Waals surface area contributed by atoms with Crippen molar-refractivity contribution in [2.45, 2.75) is 86.1 Å². The summed E-state index contributed by atoms with van der Waals surface area (Å²) in [6, 6.07) is 3.93. The van der Waals surface area contributed by atoms with Crippen molar-refractivity contribution in [1.82, 2.24) is 19.9 Å². The smallest absolute Gasteiger partial charge is 0.270 e. The predicted octanol–water partition coefficient (Wildman–Crippen LogP) is 5.39. The third kappa shape index (κ3) is 6.36. The highest BCUT2D eigenvalue weighted by Gasteiger charge is 2.53. The minimum Gasteiger partial charge on any atom is -0.384 e. The topological polar surface area (TPSA) is 71.8 Å². The molecule has 1 aliphatic rings. The molecular weight excluding hydrogens is 410 g/mol. The Morgan fingerprint density at radius 2 is 1.82 bits per heavy atom. The lowest BCUT2D eigenvalue weighted by molar-refractivity contribution is -0.0367. The summed E-state index contributed by atoms with van der Waals surface area (Å²) >= 11 is 0. The minimum absolute atomic E-state index is 0.0842. The van der Waals surface area contributed by atoms with Crippen molar-refractivity contribution in [3.05, 3.63) is 41.7 Å². The van der Waals surface area contributed by atoms with Crippen LogP contribution in [0.25, 0.3) is 0 Å². The van der Waals surface area contributed by atoms with Gasteiger partial charge in [-0.15, -0.1) is 0 Å². The quantitative estimate of drug-likeness (QED) is 0.447. The van der Waals surface area contributed by atoms with Crippen LogP contribution < -0.4 is 10.6 Å². The number of carbonyl (C=O) groups is 1. The number of pyridine rings is 1. The number of nitrogens with zero attached hydrogens (tertiary/aromatic N) is 3. The van der Waals surface area contributed by atoms with Crippen molar-refractivity contribution in [3.63, 3.8) is 0 Å². The van der Waals surface area contributed by atoms with Gasteiger partial charge < -0.3 is 15.2 Å². The fourth-order valence-corrected chi connectivity index (χ4v) is 5.65. The number of amides is 1. The molecule has 6 nitrogen and oxygen atoms in total. The monoisotopic (exact) mass is 453 g/mol. The van der Waals surface area contributed by atoms with Gasteiger partial charge in [-0.3, -0.25) is 4.79 Å². The maximum Gasteiger partial charge on any atom is 0.270 e. The van der Waals surface area contributed by atoms with Crippen LogP contribution in [0.1, 0.15) is 89.2 Å². The number of nitrogens with one attached hydrogen (secondary N) is 2. The molecule has 0 spiro atoms. The molecule has 6 heteroatoms. The molecule has 1 fully saturated rings. The van der Waals surface area contributed by atoms with Crippen LogP contribution in [-0.4, -0.2) is 33.0 Å². The summed E-state index contributed by atoms with van der Waals surface area (Å²) in [5.41, 5.74) is 3.03. The highest BCUT2D eigenvalue weighted by molar-refractivity contribution is 5.92. The molecule has 1 saturated carbocycles. The van der Waals surface area contributed by atoms with E-state index < -0.39 is 0 Å². The van der Waals surface area contributed by atoms with Crippen LogP contribution in [0.2, 0.25) is 0 Å². The molecule has 1 aliphatic carbocycles. The van der Waals surface area contributed by atoms with Crippen molar-refractivity contribution < 1.29 is 4.79 Å². The molecule has 0 radical (unpaired) electrons. The van der Waals surface area contributed by atoms with E-state index in [2.05, 4.69) is 73.8 Å². The van der Waals surface area contributed by atoms with Crippen molar-refractivity contribution in [2.24, 2.45) is 23.8 Å². The fraction of sp³-hybridized carbons (Fsp3) is 0.667. The van der Waals surface area contributed by atoms with E-state index in [0.717, 1.165) is 44.3 Å². The first-order valence-electron chi connectivity index (χ1n) is 12.5. The van der Waals surface area contributed by atoms with E-state index in [0.29, 0.717) is 11.6 Å². The molecule has 2 heterocycles. The second kappa shape index (κ2) is 10.3. The third-order valence-electron chi connectivity index (χ3n) is 6.96. The fourth-order valence-electron chi connectivity index (χ4n) is 5.65. The minimum atomic E-state index is -0.0842. The first-order chi connectivity index (χ1) is 15.5. The summed E-state index contributed by atoms with van der Waals surface area (Å²) in [5.74, 6) is 1.73. The van der Waals surface area contributed by atoms with Crippen LogP contribution in [0.3, 0.4) is 0 Å². The number of hydrogen-bond donors (Lipinski definition) is 2. The lowest BCUT2D eigenvalue weighted by Gasteiger charge is -2.57. The molecule has 182 valence electrons. The van der Waals surface area contributed by atoms with Gasteiger partial charge in [-0.05, 0) is 54.6 Å². The first kappa shape index (κ1) is 25.3. The van der Waals surface area contributed by atoms with Gasteiger partial charge in [0.15, 0.2) is 0 Å². The third-order valence-corrected chi connectivity index (χ3v) is 6.96. The predicted molar refractivity (Wildman–Crippen MR) is 135 cm³/mol. The molecule has 0 unspecified atom stereocenters. The van der Waals surface area contributed by atoms with E-state index in [1.54, 1.807) is 6.20 Å². The van der Waals surface area contributed by atoms with Crippen molar-refractivity contribution in [3.8, 4) is 0 Å². The Morgan fingerprint density at radius 1 is 1.09 bits per heavy atom. The normalized spacial score (nSPS) is 17.1. The lowest BCUT2D eigenvalue weighted by Crippen LogP contribution is -2.63. The summed E-state index contributed by atoms with van der Waals surface area (Å²) < 4.78 is 2.26. The van der Waals surface area contributed by atoms with Crippen molar-refractivity contribution >= 4 is 11.6 Å². The summed E-state index contributed by atoms with van der Waals surface area (Å²) in [5, 5.41) is 6.62. The second-order valence-electron chi connectivity index (χ2n) is 11.6. The molecule has 0 aliphatic heterocycles. The van der Waals surface area contributed by atoms with Crippen molar-refractivity contribution in [2.75, 3.05) is 11.9 Å². The van der Waals surface area contributed by atoms with Crippen LogP contribution in [-0.2, 0) is 19.9 Å². The van der Waals surface area contributed by atoms with Crippen LogP contribution >= 0.6 is 0 Å². The molecule has 0 saturated heterocycles. The molecule has 2 aromatic heterocycles. The number of imidazole rings is 1. The van der Waals surface area contributed by atoms with Crippen LogP contribution in [0, 0.1) is 16.7 Å². The highest BCUT2D eigenvalue weighted by atomic mass is 16.2. The van der Waals surface area contributed by atoms with Gasteiger partial charge in [-0.1, -0.05) is 48.0 Å². The van der Waals surface area contributed by atoms with Crippen molar-refractivity contribution in [1.29, 1.82) is 0 Å². The Bertz CT molecular complexity index is 912. The number of anilines is 1. The summed E-state index contributed by atoms with van der Waals surface area (Å²) in [7, 11) is 2.13. The summed E-state index contributed by atoms with van der Waals surface area (Å²) in [6.45, 7) is 14.2. The van der Waals surface area contributed by atoms with Crippen LogP contribution in [0.15, 0.2) is 24.5 Å². The first-order valence-corrected chi connectivity index (χ1v) is 12.5. The van der Waals surface area contributed by atoms with Gasteiger partial charge in [-0.25, -0.2) is 9.97 Å². The number of rotatable bonds is 11. The van der Waals surface area contributed by atoms with Crippen LogP contribution in [0.5, 0.6) is 0 Å². The molecule has 3 rings (SSSR count). The summed E-state index contributed by atoms with van der Waals surface area (Å²) in [6.07, 6.45) is 10.4. The molecule has 0 atom stereocenters. The van der Waals surface area contributed by atoms with E-state index >= 15 is 0 Å². The maximum absolute atomic E-state index is 12.7. The number of carbonyl (C=O) groups excluding carboxylic acids is 1. The van der Waals surface area contributed by atoms with E-state index in [1.807, 2.05) is 18.3 Å². The van der Waals surface area contributed by atoms with E-state index in [-0.39, 0.29) is 22.8 Å². The van der Waals surface area contributed by atoms with E-state index in [9.17, 15) is 4.79 Å².